The lowest BCUT2D eigenvalue weighted by Crippen LogP contribution is -2.44. The van der Waals surface area contributed by atoms with Gasteiger partial charge in [0.1, 0.15) is 0 Å². The van der Waals surface area contributed by atoms with Gasteiger partial charge < -0.3 is 15.6 Å². The third-order valence-electron chi connectivity index (χ3n) is 3.68. The van der Waals surface area contributed by atoms with Gasteiger partial charge in [0.25, 0.3) is 0 Å². The number of ether oxygens (including phenoxy) is 1. The third-order valence-corrected chi connectivity index (χ3v) is 3.68. The van der Waals surface area contributed by atoms with E-state index in [2.05, 4.69) is 0 Å². The Bertz CT molecular complexity index is 175. The minimum absolute atomic E-state index is 0.0185. The van der Waals surface area contributed by atoms with Crippen molar-refractivity contribution in [3.8, 4) is 0 Å². The maximum Gasteiger partial charge on any atom is 0.0608 e. The highest BCUT2D eigenvalue weighted by Crippen LogP contribution is 2.39. The molecule has 0 radical (unpaired) electrons. The van der Waals surface area contributed by atoms with Crippen LogP contribution in [-0.2, 0) is 4.74 Å². The zero-order chi connectivity index (χ0) is 11.1. The average molecular weight is 215 g/mol. The number of nitrogens with two attached hydrogens (primary N) is 1. The summed E-state index contributed by atoms with van der Waals surface area (Å²) >= 11 is 0. The molecular weight excluding hydrogens is 190 g/mol. The van der Waals surface area contributed by atoms with Crippen molar-refractivity contribution in [3.05, 3.63) is 0 Å². The Hall–Kier alpha value is -0.120. The molecule has 0 heterocycles. The fraction of sp³-hybridized carbons (Fsp3) is 1.00. The minimum Gasteiger partial charge on any atom is -0.393 e. The highest BCUT2D eigenvalue weighted by molar-refractivity contribution is 4.90. The molecule has 0 amide bonds. The lowest BCUT2D eigenvalue weighted by Gasteiger charge is -2.41. The SMILES string of the molecule is CCOCCCC1(CN)CCCCC1O. The summed E-state index contributed by atoms with van der Waals surface area (Å²) in [4.78, 5) is 0. The first-order valence-electron chi connectivity index (χ1n) is 6.21. The van der Waals surface area contributed by atoms with Crippen molar-refractivity contribution < 1.29 is 9.84 Å². The largest absolute Gasteiger partial charge is 0.393 e. The van der Waals surface area contributed by atoms with E-state index >= 15 is 0 Å². The van der Waals surface area contributed by atoms with Gasteiger partial charge >= 0.3 is 0 Å². The van der Waals surface area contributed by atoms with Gasteiger partial charge in [-0.3, -0.25) is 0 Å². The van der Waals surface area contributed by atoms with Crippen molar-refractivity contribution in [2.24, 2.45) is 11.1 Å². The summed E-state index contributed by atoms with van der Waals surface area (Å²) in [6.07, 6.45) is 6.19. The molecule has 3 nitrogen and oxygen atoms in total. The van der Waals surface area contributed by atoms with Gasteiger partial charge in [-0.05, 0) is 32.6 Å². The van der Waals surface area contributed by atoms with Crippen LogP contribution in [0.1, 0.15) is 45.4 Å². The number of aliphatic hydroxyl groups is 1. The second-order valence-corrected chi connectivity index (χ2v) is 4.63. The van der Waals surface area contributed by atoms with E-state index in [4.69, 9.17) is 10.5 Å². The summed E-state index contributed by atoms with van der Waals surface area (Å²) in [6, 6.07) is 0. The van der Waals surface area contributed by atoms with Crippen molar-refractivity contribution >= 4 is 0 Å². The fourth-order valence-corrected chi connectivity index (χ4v) is 2.59. The van der Waals surface area contributed by atoms with E-state index in [0.717, 1.165) is 45.3 Å². The molecule has 0 saturated heterocycles. The maximum atomic E-state index is 10.1. The van der Waals surface area contributed by atoms with Crippen LogP contribution in [0.25, 0.3) is 0 Å². The average Bonchev–Trinajstić information content (AvgIpc) is 2.27. The summed E-state index contributed by atoms with van der Waals surface area (Å²) in [7, 11) is 0. The van der Waals surface area contributed by atoms with Crippen LogP contribution >= 0.6 is 0 Å². The van der Waals surface area contributed by atoms with Crippen LogP contribution in [0.3, 0.4) is 0 Å². The van der Waals surface area contributed by atoms with Crippen LogP contribution in [0.4, 0.5) is 0 Å². The summed E-state index contributed by atoms with van der Waals surface area (Å²) < 4.78 is 5.33. The molecule has 3 heteroatoms. The summed E-state index contributed by atoms with van der Waals surface area (Å²) in [6.45, 7) is 4.19. The Morgan fingerprint density at radius 3 is 2.87 bits per heavy atom. The molecule has 1 saturated carbocycles. The Balaban J connectivity index is 2.37. The first kappa shape index (κ1) is 12.9. The topological polar surface area (TPSA) is 55.5 Å². The molecule has 0 bridgehead atoms. The standard InChI is InChI=1S/C12H25NO2/c1-2-15-9-5-8-12(10-13)7-4-3-6-11(12)14/h11,14H,2-10,13H2,1H3. The fourth-order valence-electron chi connectivity index (χ4n) is 2.59. The second kappa shape index (κ2) is 6.46. The molecule has 15 heavy (non-hydrogen) atoms. The number of hydrogen-bond acceptors (Lipinski definition) is 3. The van der Waals surface area contributed by atoms with Crippen LogP contribution in [0.15, 0.2) is 0 Å². The maximum absolute atomic E-state index is 10.1. The third kappa shape index (κ3) is 3.44. The Labute approximate surface area is 93.0 Å². The normalized spacial score (nSPS) is 31.8. The second-order valence-electron chi connectivity index (χ2n) is 4.63. The molecule has 0 aromatic heterocycles. The summed E-state index contributed by atoms with van der Waals surface area (Å²) in [5.41, 5.74) is 5.82. The molecule has 0 aromatic carbocycles. The number of hydrogen-bond donors (Lipinski definition) is 2. The zero-order valence-corrected chi connectivity index (χ0v) is 9.87. The van der Waals surface area contributed by atoms with Crippen LogP contribution < -0.4 is 5.73 Å². The molecule has 1 rings (SSSR count). The van der Waals surface area contributed by atoms with E-state index in [1.807, 2.05) is 6.92 Å². The van der Waals surface area contributed by atoms with Gasteiger partial charge in [-0.1, -0.05) is 12.8 Å². The van der Waals surface area contributed by atoms with Gasteiger partial charge in [0.05, 0.1) is 6.10 Å². The monoisotopic (exact) mass is 215 g/mol. The van der Waals surface area contributed by atoms with Crippen molar-refractivity contribution in [2.75, 3.05) is 19.8 Å². The van der Waals surface area contributed by atoms with Crippen LogP contribution in [0.2, 0.25) is 0 Å². The van der Waals surface area contributed by atoms with E-state index in [0.29, 0.717) is 6.54 Å². The molecule has 1 fully saturated rings. The molecule has 1 aliphatic carbocycles. The Kier molecular flexibility index (Phi) is 5.58. The zero-order valence-electron chi connectivity index (χ0n) is 9.87. The van der Waals surface area contributed by atoms with Gasteiger partial charge in [-0.15, -0.1) is 0 Å². The van der Waals surface area contributed by atoms with Gasteiger partial charge in [-0.2, -0.15) is 0 Å². The number of aliphatic hydroxyl groups excluding tert-OH is 1. The molecule has 2 atom stereocenters. The van der Waals surface area contributed by atoms with Crippen molar-refractivity contribution in [2.45, 2.75) is 51.6 Å². The Morgan fingerprint density at radius 1 is 1.47 bits per heavy atom. The molecule has 0 spiro atoms. The molecule has 1 aliphatic rings. The quantitative estimate of drug-likeness (QED) is 0.663. The van der Waals surface area contributed by atoms with E-state index in [1.54, 1.807) is 0 Å². The van der Waals surface area contributed by atoms with E-state index in [1.165, 1.54) is 6.42 Å². The highest BCUT2D eigenvalue weighted by Gasteiger charge is 2.37. The van der Waals surface area contributed by atoms with Crippen molar-refractivity contribution in [1.29, 1.82) is 0 Å². The number of rotatable bonds is 6. The minimum atomic E-state index is -0.196. The van der Waals surface area contributed by atoms with Crippen LogP contribution in [0.5, 0.6) is 0 Å². The van der Waals surface area contributed by atoms with Crippen molar-refractivity contribution in [3.63, 3.8) is 0 Å². The lowest BCUT2D eigenvalue weighted by molar-refractivity contribution is -0.0174. The van der Waals surface area contributed by atoms with Crippen LogP contribution in [0, 0.1) is 5.41 Å². The Morgan fingerprint density at radius 2 is 2.27 bits per heavy atom. The van der Waals surface area contributed by atoms with E-state index < -0.39 is 0 Å². The van der Waals surface area contributed by atoms with Crippen molar-refractivity contribution in [1.82, 2.24) is 0 Å². The molecule has 0 aliphatic heterocycles. The predicted octanol–water partition coefficient (Wildman–Crippen LogP) is 1.68. The molecule has 90 valence electrons. The predicted molar refractivity (Wildman–Crippen MR) is 61.7 cm³/mol. The first-order chi connectivity index (χ1) is 7.25. The molecule has 0 aromatic rings. The highest BCUT2D eigenvalue weighted by atomic mass is 16.5. The lowest BCUT2D eigenvalue weighted by atomic mass is 9.69. The molecule has 3 N–H and O–H groups in total. The summed E-state index contributed by atoms with van der Waals surface area (Å²) in [5.74, 6) is 0. The van der Waals surface area contributed by atoms with E-state index in [-0.39, 0.29) is 11.5 Å². The summed E-state index contributed by atoms with van der Waals surface area (Å²) in [5, 5.41) is 10.1. The molecule has 2 unspecified atom stereocenters. The van der Waals surface area contributed by atoms with Gasteiger partial charge in [-0.25, -0.2) is 0 Å². The smallest absolute Gasteiger partial charge is 0.0608 e. The van der Waals surface area contributed by atoms with E-state index in [9.17, 15) is 5.11 Å². The first-order valence-corrected chi connectivity index (χ1v) is 6.21. The van der Waals surface area contributed by atoms with Gasteiger partial charge in [0.2, 0.25) is 0 Å². The van der Waals surface area contributed by atoms with Gasteiger partial charge in [0, 0.05) is 25.2 Å². The molecular formula is C12H25NO2. The van der Waals surface area contributed by atoms with Gasteiger partial charge in [0.15, 0.2) is 0 Å². The van der Waals surface area contributed by atoms with Crippen LogP contribution in [-0.4, -0.2) is 31.0 Å².